The minimum Gasteiger partial charge on any atom is -0.497 e. The zero-order valence-electron chi connectivity index (χ0n) is 11.5. The maximum Gasteiger partial charge on any atom is 0.241 e. The van der Waals surface area contributed by atoms with Gasteiger partial charge in [0, 0.05) is 5.69 Å². The van der Waals surface area contributed by atoms with Gasteiger partial charge in [-0.15, -0.1) is 0 Å². The van der Waals surface area contributed by atoms with Crippen LogP contribution in [0.25, 0.3) is 0 Å². The molecule has 1 rings (SSSR count). The zero-order chi connectivity index (χ0) is 13.7. The second-order valence-corrected chi connectivity index (χ2v) is 4.91. The van der Waals surface area contributed by atoms with Gasteiger partial charge in [-0.05, 0) is 43.0 Å². The van der Waals surface area contributed by atoms with E-state index in [1.807, 2.05) is 39.0 Å². The lowest BCUT2D eigenvalue weighted by Gasteiger charge is -2.15. The summed E-state index contributed by atoms with van der Waals surface area (Å²) in [6.07, 6.45) is 0.682. The van der Waals surface area contributed by atoms with Gasteiger partial charge in [-0.3, -0.25) is 4.79 Å². The Morgan fingerprint density at radius 3 is 2.61 bits per heavy atom. The molecule has 0 heterocycles. The number of benzene rings is 1. The summed E-state index contributed by atoms with van der Waals surface area (Å²) in [5, 5.41) is 2.85. The summed E-state index contributed by atoms with van der Waals surface area (Å²) >= 11 is 0. The van der Waals surface area contributed by atoms with Crippen LogP contribution in [-0.2, 0) is 4.79 Å². The number of methoxy groups -OCH3 is 1. The van der Waals surface area contributed by atoms with E-state index in [9.17, 15) is 4.79 Å². The lowest BCUT2D eigenvalue weighted by molar-refractivity contribution is -0.117. The van der Waals surface area contributed by atoms with Gasteiger partial charge in [-0.1, -0.05) is 13.8 Å². The van der Waals surface area contributed by atoms with Crippen LogP contribution in [0.2, 0.25) is 0 Å². The molecule has 0 aliphatic rings. The Labute approximate surface area is 109 Å². The molecule has 100 valence electrons. The largest absolute Gasteiger partial charge is 0.497 e. The van der Waals surface area contributed by atoms with E-state index in [0.29, 0.717) is 12.3 Å². The Hall–Kier alpha value is -1.55. The SMILES string of the molecule is COc1ccc(NC(=O)[C@@H](N)CC(C)C)c(C)c1. The summed E-state index contributed by atoms with van der Waals surface area (Å²) in [4.78, 5) is 11.9. The summed E-state index contributed by atoms with van der Waals surface area (Å²) < 4.78 is 5.12. The van der Waals surface area contributed by atoms with Crippen LogP contribution in [0.15, 0.2) is 18.2 Å². The molecule has 0 radical (unpaired) electrons. The van der Waals surface area contributed by atoms with Crippen molar-refractivity contribution in [2.45, 2.75) is 33.2 Å². The van der Waals surface area contributed by atoms with Gasteiger partial charge < -0.3 is 15.8 Å². The van der Waals surface area contributed by atoms with Gasteiger partial charge in [0.15, 0.2) is 0 Å². The van der Waals surface area contributed by atoms with Gasteiger partial charge >= 0.3 is 0 Å². The van der Waals surface area contributed by atoms with Crippen molar-refractivity contribution in [2.75, 3.05) is 12.4 Å². The maximum absolute atomic E-state index is 11.9. The highest BCUT2D eigenvalue weighted by Crippen LogP contribution is 2.21. The van der Waals surface area contributed by atoms with Gasteiger partial charge in [-0.25, -0.2) is 0 Å². The van der Waals surface area contributed by atoms with Crippen LogP contribution in [0.4, 0.5) is 5.69 Å². The van der Waals surface area contributed by atoms with Crippen molar-refractivity contribution in [3.8, 4) is 5.75 Å². The number of hydrogen-bond donors (Lipinski definition) is 2. The molecule has 0 aliphatic carbocycles. The molecular weight excluding hydrogens is 228 g/mol. The van der Waals surface area contributed by atoms with Gasteiger partial charge in [-0.2, -0.15) is 0 Å². The van der Waals surface area contributed by atoms with Crippen molar-refractivity contribution in [3.63, 3.8) is 0 Å². The number of amides is 1. The number of nitrogens with two attached hydrogens (primary N) is 1. The number of nitrogens with one attached hydrogen (secondary N) is 1. The van der Waals surface area contributed by atoms with E-state index in [0.717, 1.165) is 17.0 Å². The fourth-order valence-corrected chi connectivity index (χ4v) is 1.74. The van der Waals surface area contributed by atoms with Crippen molar-refractivity contribution in [3.05, 3.63) is 23.8 Å². The minimum absolute atomic E-state index is 0.142. The average Bonchev–Trinajstić information content (AvgIpc) is 2.30. The quantitative estimate of drug-likeness (QED) is 0.843. The highest BCUT2D eigenvalue weighted by atomic mass is 16.5. The maximum atomic E-state index is 11.9. The Morgan fingerprint density at radius 2 is 2.11 bits per heavy atom. The number of ether oxygens (including phenoxy) is 1. The van der Waals surface area contributed by atoms with Crippen LogP contribution in [0.1, 0.15) is 25.8 Å². The third-order valence-electron chi connectivity index (χ3n) is 2.75. The smallest absolute Gasteiger partial charge is 0.241 e. The molecule has 0 aromatic heterocycles. The Bertz CT molecular complexity index is 416. The second kappa shape index (κ2) is 6.40. The molecule has 0 saturated carbocycles. The molecular formula is C14H22N2O2. The minimum atomic E-state index is -0.466. The van der Waals surface area contributed by atoms with Crippen LogP contribution in [0.5, 0.6) is 5.75 Å². The summed E-state index contributed by atoms with van der Waals surface area (Å²) in [7, 11) is 1.62. The van der Waals surface area contributed by atoms with E-state index >= 15 is 0 Å². The molecule has 0 aliphatic heterocycles. The molecule has 0 spiro atoms. The predicted molar refractivity (Wildman–Crippen MR) is 73.8 cm³/mol. The first-order valence-corrected chi connectivity index (χ1v) is 6.15. The van der Waals surface area contributed by atoms with Crippen molar-refractivity contribution >= 4 is 11.6 Å². The molecule has 4 nitrogen and oxygen atoms in total. The van der Waals surface area contributed by atoms with E-state index in [1.165, 1.54) is 0 Å². The molecule has 0 bridgehead atoms. The lowest BCUT2D eigenvalue weighted by atomic mass is 10.0. The molecule has 4 heteroatoms. The Kier molecular flexibility index (Phi) is 5.16. The first-order valence-electron chi connectivity index (χ1n) is 6.15. The summed E-state index contributed by atoms with van der Waals surface area (Å²) in [5.41, 5.74) is 7.57. The van der Waals surface area contributed by atoms with Crippen LogP contribution >= 0.6 is 0 Å². The molecule has 0 fully saturated rings. The molecule has 0 saturated heterocycles. The number of carbonyl (C=O) groups excluding carboxylic acids is 1. The normalized spacial score (nSPS) is 12.3. The fourth-order valence-electron chi connectivity index (χ4n) is 1.74. The highest BCUT2D eigenvalue weighted by Gasteiger charge is 2.15. The summed E-state index contributed by atoms with van der Waals surface area (Å²) in [6.45, 7) is 6.02. The Balaban J connectivity index is 2.70. The van der Waals surface area contributed by atoms with Crippen molar-refractivity contribution in [1.29, 1.82) is 0 Å². The summed E-state index contributed by atoms with van der Waals surface area (Å²) in [6, 6.07) is 5.06. The van der Waals surface area contributed by atoms with E-state index in [1.54, 1.807) is 7.11 Å². The van der Waals surface area contributed by atoms with E-state index < -0.39 is 6.04 Å². The molecule has 3 N–H and O–H groups in total. The third kappa shape index (κ3) is 4.04. The summed E-state index contributed by atoms with van der Waals surface area (Å²) in [5.74, 6) is 1.04. The topological polar surface area (TPSA) is 64.3 Å². The highest BCUT2D eigenvalue weighted by molar-refractivity contribution is 5.95. The first kappa shape index (κ1) is 14.5. The van der Waals surface area contributed by atoms with Crippen LogP contribution < -0.4 is 15.8 Å². The first-order chi connectivity index (χ1) is 8.43. The van der Waals surface area contributed by atoms with Gasteiger partial charge in [0.1, 0.15) is 5.75 Å². The zero-order valence-corrected chi connectivity index (χ0v) is 11.5. The molecule has 0 unspecified atom stereocenters. The molecule has 1 atom stereocenters. The number of aryl methyl sites for hydroxylation is 1. The molecule has 18 heavy (non-hydrogen) atoms. The fraction of sp³-hybridized carbons (Fsp3) is 0.500. The van der Waals surface area contributed by atoms with E-state index in [2.05, 4.69) is 5.32 Å². The van der Waals surface area contributed by atoms with Crippen LogP contribution in [0, 0.1) is 12.8 Å². The second-order valence-electron chi connectivity index (χ2n) is 4.91. The number of hydrogen-bond acceptors (Lipinski definition) is 3. The van der Waals surface area contributed by atoms with Gasteiger partial charge in [0.05, 0.1) is 13.2 Å². The Morgan fingerprint density at radius 1 is 1.44 bits per heavy atom. The van der Waals surface area contributed by atoms with Crippen molar-refractivity contribution in [1.82, 2.24) is 0 Å². The number of rotatable bonds is 5. The number of carbonyl (C=O) groups is 1. The average molecular weight is 250 g/mol. The molecule has 1 aromatic carbocycles. The number of anilines is 1. The lowest BCUT2D eigenvalue weighted by Crippen LogP contribution is -2.36. The van der Waals surface area contributed by atoms with Crippen molar-refractivity contribution < 1.29 is 9.53 Å². The molecule has 1 amide bonds. The standard InChI is InChI=1S/C14H22N2O2/c1-9(2)7-12(15)14(17)16-13-6-5-11(18-4)8-10(13)3/h5-6,8-9,12H,7,15H2,1-4H3,(H,16,17)/t12-/m0/s1. The van der Waals surface area contributed by atoms with Gasteiger partial charge in [0.25, 0.3) is 0 Å². The third-order valence-corrected chi connectivity index (χ3v) is 2.75. The molecule has 1 aromatic rings. The monoisotopic (exact) mass is 250 g/mol. The van der Waals surface area contributed by atoms with Gasteiger partial charge in [0.2, 0.25) is 5.91 Å². The predicted octanol–water partition coefficient (Wildman–Crippen LogP) is 2.32. The van der Waals surface area contributed by atoms with Crippen LogP contribution in [0.3, 0.4) is 0 Å². The van der Waals surface area contributed by atoms with E-state index in [4.69, 9.17) is 10.5 Å². The van der Waals surface area contributed by atoms with Crippen LogP contribution in [-0.4, -0.2) is 19.1 Å². The van der Waals surface area contributed by atoms with E-state index in [-0.39, 0.29) is 5.91 Å². The van der Waals surface area contributed by atoms with Crippen molar-refractivity contribution in [2.24, 2.45) is 11.7 Å².